The maximum atomic E-state index is 12.2. The first-order valence-electron chi connectivity index (χ1n) is 6.66. The number of rotatable bonds is 4. The number of aromatic carboxylic acids is 1. The highest BCUT2D eigenvalue weighted by Gasteiger charge is 2.23. The van der Waals surface area contributed by atoms with E-state index in [1.54, 1.807) is 17.0 Å². The summed E-state index contributed by atoms with van der Waals surface area (Å²) in [5.74, 6) is -1.61. The van der Waals surface area contributed by atoms with Crippen molar-refractivity contribution in [3.05, 3.63) is 29.3 Å². The van der Waals surface area contributed by atoms with Gasteiger partial charge in [0.1, 0.15) is 0 Å². The smallest absolute Gasteiger partial charge is 0.335 e. The molecule has 1 aliphatic rings. The number of fused-ring (bicyclic) bond motifs is 1. The number of nitrogens with two attached hydrogens (primary N) is 1. The highest BCUT2D eigenvalue weighted by molar-refractivity contribution is 5.98. The molecule has 4 N–H and O–H groups in total. The number of hydrogen-bond acceptors (Lipinski definition) is 4. The molecule has 21 heavy (non-hydrogen) atoms. The van der Waals surface area contributed by atoms with Crippen LogP contribution in [0.5, 0.6) is 0 Å². The van der Waals surface area contributed by atoms with E-state index in [-0.39, 0.29) is 30.5 Å². The van der Waals surface area contributed by atoms with E-state index in [2.05, 4.69) is 5.32 Å². The van der Waals surface area contributed by atoms with E-state index in [1.165, 1.54) is 6.07 Å². The second-order valence-electron chi connectivity index (χ2n) is 4.78. The Balaban J connectivity index is 2.16. The number of anilines is 1. The summed E-state index contributed by atoms with van der Waals surface area (Å²) in [4.78, 5) is 35.8. The number of nitrogens with zero attached hydrogens (tertiary/aromatic N) is 1. The van der Waals surface area contributed by atoms with E-state index in [0.717, 1.165) is 18.4 Å². The van der Waals surface area contributed by atoms with Crippen LogP contribution in [0.3, 0.4) is 0 Å². The van der Waals surface area contributed by atoms with Crippen LogP contribution >= 0.6 is 0 Å². The van der Waals surface area contributed by atoms with Crippen molar-refractivity contribution in [2.45, 2.75) is 12.8 Å². The Hall–Kier alpha value is -2.41. The zero-order valence-electron chi connectivity index (χ0n) is 11.5. The summed E-state index contributed by atoms with van der Waals surface area (Å²) >= 11 is 0. The van der Waals surface area contributed by atoms with Gasteiger partial charge >= 0.3 is 5.97 Å². The number of aryl methyl sites for hydroxylation is 1. The van der Waals surface area contributed by atoms with Crippen LogP contribution in [0.2, 0.25) is 0 Å². The molecule has 2 amide bonds. The highest BCUT2D eigenvalue weighted by atomic mass is 16.4. The molecule has 0 radical (unpaired) electrons. The Morgan fingerprint density at radius 3 is 2.76 bits per heavy atom. The van der Waals surface area contributed by atoms with Crippen LogP contribution in [-0.2, 0) is 16.0 Å². The summed E-state index contributed by atoms with van der Waals surface area (Å²) in [6, 6.07) is 4.71. The van der Waals surface area contributed by atoms with Gasteiger partial charge in [-0.15, -0.1) is 0 Å². The third-order valence-corrected chi connectivity index (χ3v) is 3.37. The highest BCUT2D eigenvalue weighted by Crippen LogP contribution is 2.28. The van der Waals surface area contributed by atoms with Crippen molar-refractivity contribution in [3.8, 4) is 0 Å². The fourth-order valence-electron chi connectivity index (χ4n) is 2.33. The molecule has 1 aromatic carbocycles. The van der Waals surface area contributed by atoms with Gasteiger partial charge in [0.05, 0.1) is 18.7 Å². The van der Waals surface area contributed by atoms with Crippen molar-refractivity contribution in [2.24, 2.45) is 5.73 Å². The average molecular weight is 291 g/mol. The lowest BCUT2D eigenvalue weighted by Gasteiger charge is -2.29. The van der Waals surface area contributed by atoms with Crippen LogP contribution in [0.1, 0.15) is 22.3 Å². The second-order valence-corrected chi connectivity index (χ2v) is 4.78. The number of hydrogen-bond donors (Lipinski definition) is 3. The first-order valence-corrected chi connectivity index (χ1v) is 6.66. The first-order chi connectivity index (χ1) is 10.0. The minimum atomic E-state index is -0.989. The molecule has 0 aromatic heterocycles. The molecule has 0 atom stereocenters. The molecule has 0 unspecified atom stereocenters. The average Bonchev–Trinajstić information content (AvgIpc) is 2.50. The number of carboxylic acid groups (broad SMARTS) is 1. The van der Waals surface area contributed by atoms with Gasteiger partial charge < -0.3 is 21.1 Å². The maximum Gasteiger partial charge on any atom is 0.335 e. The van der Waals surface area contributed by atoms with Crippen LogP contribution in [-0.4, -0.2) is 42.5 Å². The molecule has 0 spiro atoms. The number of nitrogens with one attached hydrogen (secondary N) is 1. The first kappa shape index (κ1) is 15.0. The van der Waals surface area contributed by atoms with Gasteiger partial charge in [0.2, 0.25) is 11.8 Å². The summed E-state index contributed by atoms with van der Waals surface area (Å²) < 4.78 is 0. The molecule has 0 fully saturated rings. The molecule has 2 rings (SSSR count). The predicted octanol–water partition coefficient (Wildman–Crippen LogP) is -0.261. The fourth-order valence-corrected chi connectivity index (χ4v) is 2.33. The number of amides is 2. The van der Waals surface area contributed by atoms with Gasteiger partial charge in [0.15, 0.2) is 0 Å². The molecule has 0 saturated heterocycles. The summed E-state index contributed by atoms with van der Waals surface area (Å²) in [7, 11) is 0. The Morgan fingerprint density at radius 2 is 2.10 bits per heavy atom. The number of carbonyl (C=O) groups excluding carboxylic acids is 2. The van der Waals surface area contributed by atoms with Gasteiger partial charge in [-0.25, -0.2) is 4.79 Å². The molecular weight excluding hydrogens is 274 g/mol. The fraction of sp³-hybridized carbons (Fsp3) is 0.357. The van der Waals surface area contributed by atoms with Crippen molar-refractivity contribution in [1.82, 2.24) is 5.32 Å². The quantitative estimate of drug-likeness (QED) is 0.707. The number of carbonyl (C=O) groups is 3. The molecule has 1 heterocycles. The molecule has 1 aliphatic heterocycles. The molecule has 112 valence electrons. The summed E-state index contributed by atoms with van der Waals surface area (Å²) in [6.45, 7) is 0.277. The van der Waals surface area contributed by atoms with Crippen molar-refractivity contribution < 1.29 is 19.5 Å². The van der Waals surface area contributed by atoms with Gasteiger partial charge in [-0.2, -0.15) is 0 Å². The third kappa shape index (κ3) is 3.38. The molecule has 0 bridgehead atoms. The van der Waals surface area contributed by atoms with Gasteiger partial charge in [-0.1, -0.05) is 0 Å². The van der Waals surface area contributed by atoms with Gasteiger partial charge in [0, 0.05) is 12.2 Å². The van der Waals surface area contributed by atoms with Crippen LogP contribution < -0.4 is 16.0 Å². The molecule has 7 heteroatoms. The van der Waals surface area contributed by atoms with Crippen LogP contribution in [0.15, 0.2) is 18.2 Å². The van der Waals surface area contributed by atoms with Gasteiger partial charge in [-0.3, -0.25) is 9.59 Å². The summed E-state index contributed by atoms with van der Waals surface area (Å²) in [6.07, 6.45) is 1.49. The lowest BCUT2D eigenvalue weighted by molar-refractivity contribution is -0.124. The van der Waals surface area contributed by atoms with Crippen LogP contribution in [0.4, 0.5) is 5.69 Å². The van der Waals surface area contributed by atoms with Crippen LogP contribution in [0, 0.1) is 0 Å². The molecule has 0 saturated carbocycles. The zero-order chi connectivity index (χ0) is 15.4. The van der Waals surface area contributed by atoms with Crippen molar-refractivity contribution in [1.29, 1.82) is 0 Å². The largest absolute Gasteiger partial charge is 0.478 e. The van der Waals surface area contributed by atoms with Crippen molar-refractivity contribution in [2.75, 3.05) is 24.5 Å². The van der Waals surface area contributed by atoms with Crippen molar-refractivity contribution >= 4 is 23.5 Å². The lowest BCUT2D eigenvalue weighted by Crippen LogP contribution is -2.44. The van der Waals surface area contributed by atoms with E-state index in [9.17, 15) is 14.4 Å². The normalized spacial score (nSPS) is 13.5. The predicted molar refractivity (Wildman–Crippen MR) is 76.1 cm³/mol. The van der Waals surface area contributed by atoms with Crippen LogP contribution in [0.25, 0.3) is 0 Å². The summed E-state index contributed by atoms with van der Waals surface area (Å²) in [5, 5.41) is 11.4. The minimum Gasteiger partial charge on any atom is -0.478 e. The molecule has 0 aliphatic carbocycles. The van der Waals surface area contributed by atoms with Gasteiger partial charge in [-0.05, 0) is 36.6 Å². The third-order valence-electron chi connectivity index (χ3n) is 3.37. The monoisotopic (exact) mass is 291 g/mol. The standard InChI is InChI=1S/C14H17N3O4/c15-7-12(18)16-8-13(19)17-5-1-2-9-6-10(14(20)21)3-4-11(9)17/h3-4,6H,1-2,5,7-8,15H2,(H,16,18)(H,20,21). The molecule has 7 nitrogen and oxygen atoms in total. The minimum absolute atomic E-state index is 0.115. The Labute approximate surface area is 121 Å². The lowest BCUT2D eigenvalue weighted by atomic mass is 9.99. The van der Waals surface area contributed by atoms with Gasteiger partial charge in [0.25, 0.3) is 0 Å². The SMILES string of the molecule is NCC(=O)NCC(=O)N1CCCc2cc(C(=O)O)ccc21. The molecular formula is C14H17N3O4. The summed E-state index contributed by atoms with van der Waals surface area (Å²) in [5.41, 5.74) is 6.91. The number of benzene rings is 1. The van der Waals surface area contributed by atoms with Crippen molar-refractivity contribution in [3.63, 3.8) is 0 Å². The maximum absolute atomic E-state index is 12.2. The van der Waals surface area contributed by atoms with E-state index in [1.807, 2.05) is 0 Å². The second kappa shape index (κ2) is 6.36. The Morgan fingerprint density at radius 1 is 1.33 bits per heavy atom. The Kier molecular flexibility index (Phi) is 4.54. The molecule has 1 aromatic rings. The van der Waals surface area contributed by atoms with E-state index < -0.39 is 5.97 Å². The Bertz CT molecular complexity index is 586. The van der Waals surface area contributed by atoms with E-state index in [4.69, 9.17) is 10.8 Å². The van der Waals surface area contributed by atoms with E-state index >= 15 is 0 Å². The number of carboxylic acids is 1. The topological polar surface area (TPSA) is 113 Å². The van der Waals surface area contributed by atoms with E-state index in [0.29, 0.717) is 12.2 Å². The zero-order valence-corrected chi connectivity index (χ0v) is 11.5.